The number of anilines is 1. The Hall–Kier alpha value is -4.75. The van der Waals surface area contributed by atoms with Gasteiger partial charge in [0.05, 0.1) is 6.42 Å². The van der Waals surface area contributed by atoms with E-state index in [4.69, 9.17) is 9.52 Å². The Bertz CT molecular complexity index is 1450. The van der Waals surface area contributed by atoms with Crippen LogP contribution in [0, 0.1) is 6.92 Å². The van der Waals surface area contributed by atoms with Gasteiger partial charge in [-0.3, -0.25) is 28.8 Å². The molecule has 5 amide bonds. The number of nitrogens with one attached hydrogen (secondary N) is 4. The minimum Gasteiger partial charge on any atom is -0.481 e. The Morgan fingerprint density at radius 1 is 0.952 bits per heavy atom. The molecule has 14 nitrogen and oxygen atoms in total. The molecule has 1 saturated heterocycles. The van der Waals surface area contributed by atoms with E-state index in [1.165, 1.54) is 37.8 Å². The van der Waals surface area contributed by atoms with Gasteiger partial charge in [-0.25, -0.2) is 4.79 Å². The molecule has 3 rings (SSSR count). The van der Waals surface area contributed by atoms with Crippen LogP contribution in [0.1, 0.15) is 52.0 Å². The molecule has 42 heavy (non-hydrogen) atoms. The molecule has 14 heteroatoms. The van der Waals surface area contributed by atoms with E-state index in [1.807, 2.05) is 0 Å². The van der Waals surface area contributed by atoms with Crippen molar-refractivity contribution in [1.82, 2.24) is 20.9 Å². The highest BCUT2D eigenvalue weighted by Crippen LogP contribution is 2.21. The third kappa shape index (κ3) is 8.15. The number of hydrogen-bond acceptors (Lipinski definition) is 8. The molecule has 2 aromatic rings. The Labute approximate surface area is 241 Å². The number of nitrogens with zero attached hydrogens (tertiary/aromatic N) is 1. The van der Waals surface area contributed by atoms with Gasteiger partial charge < -0.3 is 35.7 Å². The van der Waals surface area contributed by atoms with Crippen molar-refractivity contribution in [2.24, 2.45) is 0 Å². The van der Waals surface area contributed by atoms with Gasteiger partial charge in [0, 0.05) is 36.2 Å². The van der Waals surface area contributed by atoms with Crippen LogP contribution < -0.4 is 26.9 Å². The van der Waals surface area contributed by atoms with Crippen LogP contribution in [0.15, 0.2) is 33.5 Å². The van der Waals surface area contributed by atoms with Gasteiger partial charge in [0.1, 0.15) is 29.8 Å². The molecule has 2 heterocycles. The highest BCUT2D eigenvalue weighted by atomic mass is 16.4. The molecule has 1 fully saturated rings. The standard InChI is InChI=1S/C28H35N5O9/c1-14-12-24(37)42-21-13-18(7-8-19(14)21)32-26(39)16(3)30-27(40)20-6-5-11-33(20)28(41)17(4)31-25(38)15(2)29-22(34)9-10-23(35)36/h7-8,12-13,15-17,20H,5-6,9-11H2,1-4H3,(H,29,34)(H,30,40)(H,31,38)(H,32,39)(H,35,36)/t15-,16-,17-,20-/m0/s1. The van der Waals surface area contributed by atoms with Crippen LogP contribution in [0.3, 0.4) is 0 Å². The van der Waals surface area contributed by atoms with Crippen LogP contribution in [0.2, 0.25) is 0 Å². The van der Waals surface area contributed by atoms with Crippen LogP contribution in [-0.4, -0.2) is 76.2 Å². The van der Waals surface area contributed by atoms with Gasteiger partial charge >= 0.3 is 11.6 Å². The quantitative estimate of drug-likeness (QED) is 0.231. The summed E-state index contributed by atoms with van der Waals surface area (Å²) < 4.78 is 5.20. The fraction of sp³-hybridized carbons (Fsp3) is 0.464. The number of hydrogen-bond donors (Lipinski definition) is 5. The number of benzene rings is 1. The number of carbonyl (C=O) groups excluding carboxylic acids is 5. The Balaban J connectivity index is 1.54. The highest BCUT2D eigenvalue weighted by molar-refractivity contribution is 6.00. The zero-order valence-electron chi connectivity index (χ0n) is 23.8. The summed E-state index contributed by atoms with van der Waals surface area (Å²) in [6.45, 7) is 6.40. The van der Waals surface area contributed by atoms with Crippen LogP contribution in [0.5, 0.6) is 0 Å². The van der Waals surface area contributed by atoms with E-state index >= 15 is 0 Å². The second-order valence-electron chi connectivity index (χ2n) is 10.3. The van der Waals surface area contributed by atoms with Gasteiger partial charge in [0.15, 0.2) is 0 Å². The SMILES string of the molecule is Cc1cc(=O)oc2cc(NC(=O)[C@H](C)NC(=O)[C@@H]3CCCN3C(=O)[C@H](C)NC(=O)[C@H](C)NC(=O)CCC(=O)O)ccc12. The smallest absolute Gasteiger partial charge is 0.336 e. The van der Waals surface area contributed by atoms with Crippen LogP contribution in [-0.2, 0) is 28.8 Å². The summed E-state index contributed by atoms with van der Waals surface area (Å²) in [5.41, 5.74) is 0.907. The summed E-state index contributed by atoms with van der Waals surface area (Å²) in [5.74, 6) is -3.95. The van der Waals surface area contributed by atoms with Crippen molar-refractivity contribution in [3.05, 3.63) is 40.2 Å². The average Bonchev–Trinajstić information content (AvgIpc) is 3.41. The molecule has 1 aromatic heterocycles. The van der Waals surface area contributed by atoms with E-state index in [-0.39, 0.29) is 19.4 Å². The lowest BCUT2D eigenvalue weighted by atomic mass is 10.1. The summed E-state index contributed by atoms with van der Waals surface area (Å²) in [6, 6.07) is 2.42. The zero-order chi connectivity index (χ0) is 31.1. The number of likely N-dealkylation sites (tertiary alicyclic amines) is 1. The van der Waals surface area contributed by atoms with Crippen LogP contribution in [0.4, 0.5) is 5.69 Å². The van der Waals surface area contributed by atoms with Gasteiger partial charge in [-0.2, -0.15) is 0 Å². The molecule has 4 atom stereocenters. The first-order valence-electron chi connectivity index (χ1n) is 13.5. The number of carbonyl (C=O) groups is 6. The Kier molecular flexibility index (Phi) is 10.4. The number of aliphatic carboxylic acids is 1. The van der Waals surface area contributed by atoms with Crippen molar-refractivity contribution >= 4 is 52.2 Å². The predicted octanol–water partition coefficient (Wildman–Crippen LogP) is 0.410. The molecular weight excluding hydrogens is 550 g/mol. The van der Waals surface area contributed by atoms with Crippen molar-refractivity contribution in [2.45, 2.75) is 77.5 Å². The van der Waals surface area contributed by atoms with Gasteiger partial charge in [-0.05, 0) is 58.2 Å². The van der Waals surface area contributed by atoms with E-state index < -0.39 is 65.3 Å². The topological polar surface area (TPSA) is 204 Å². The highest BCUT2D eigenvalue weighted by Gasteiger charge is 2.37. The summed E-state index contributed by atoms with van der Waals surface area (Å²) in [5, 5.41) is 19.6. The largest absolute Gasteiger partial charge is 0.481 e. The van der Waals surface area contributed by atoms with Gasteiger partial charge in [-0.15, -0.1) is 0 Å². The van der Waals surface area contributed by atoms with Crippen molar-refractivity contribution in [1.29, 1.82) is 0 Å². The maximum Gasteiger partial charge on any atom is 0.336 e. The van der Waals surface area contributed by atoms with Crippen molar-refractivity contribution in [3.8, 4) is 0 Å². The van der Waals surface area contributed by atoms with E-state index in [0.29, 0.717) is 24.1 Å². The van der Waals surface area contributed by atoms with Crippen LogP contribution >= 0.6 is 0 Å². The molecule has 226 valence electrons. The molecule has 1 aliphatic rings. The normalized spacial score (nSPS) is 16.7. The second-order valence-corrected chi connectivity index (χ2v) is 10.3. The summed E-state index contributed by atoms with van der Waals surface area (Å²) >= 11 is 0. The number of carboxylic acids is 1. The van der Waals surface area contributed by atoms with E-state index in [1.54, 1.807) is 19.1 Å². The van der Waals surface area contributed by atoms with E-state index in [9.17, 15) is 33.6 Å². The molecule has 0 unspecified atom stereocenters. The van der Waals surface area contributed by atoms with E-state index in [2.05, 4.69) is 21.3 Å². The molecule has 0 spiro atoms. The first kappa shape index (κ1) is 31.8. The number of rotatable bonds is 11. The molecule has 0 aliphatic carbocycles. The zero-order valence-corrected chi connectivity index (χ0v) is 23.8. The molecule has 0 saturated carbocycles. The number of fused-ring (bicyclic) bond motifs is 1. The lowest BCUT2D eigenvalue weighted by Crippen LogP contribution is -2.56. The molecule has 0 bridgehead atoms. The lowest BCUT2D eigenvalue weighted by Gasteiger charge is -2.28. The number of aryl methyl sites for hydroxylation is 1. The minimum absolute atomic E-state index is 0.279. The molecule has 1 aromatic carbocycles. The Morgan fingerprint density at radius 3 is 2.33 bits per heavy atom. The fourth-order valence-electron chi connectivity index (χ4n) is 4.58. The number of amides is 5. The number of carboxylic acid groups (broad SMARTS) is 1. The van der Waals surface area contributed by atoms with Crippen molar-refractivity contribution in [2.75, 3.05) is 11.9 Å². The molecule has 1 aliphatic heterocycles. The van der Waals surface area contributed by atoms with Crippen LogP contribution in [0.25, 0.3) is 11.0 Å². The van der Waals surface area contributed by atoms with Gasteiger partial charge in [0.2, 0.25) is 29.5 Å². The first-order chi connectivity index (χ1) is 19.8. The van der Waals surface area contributed by atoms with Crippen molar-refractivity contribution < 1.29 is 38.3 Å². The second kappa shape index (κ2) is 13.7. The molecule has 5 N–H and O–H groups in total. The fourth-order valence-corrected chi connectivity index (χ4v) is 4.58. The van der Waals surface area contributed by atoms with Gasteiger partial charge in [-0.1, -0.05) is 0 Å². The minimum atomic E-state index is -1.14. The summed E-state index contributed by atoms with van der Waals surface area (Å²) in [7, 11) is 0. The lowest BCUT2D eigenvalue weighted by molar-refractivity contribution is -0.142. The molecule has 0 radical (unpaired) electrons. The predicted molar refractivity (Wildman–Crippen MR) is 150 cm³/mol. The summed E-state index contributed by atoms with van der Waals surface area (Å²) in [4.78, 5) is 86.9. The molecular formula is C28H35N5O9. The third-order valence-electron chi connectivity index (χ3n) is 6.88. The van der Waals surface area contributed by atoms with Crippen molar-refractivity contribution in [3.63, 3.8) is 0 Å². The maximum absolute atomic E-state index is 13.1. The maximum atomic E-state index is 13.1. The average molecular weight is 586 g/mol. The van der Waals surface area contributed by atoms with Gasteiger partial charge in [0.25, 0.3) is 0 Å². The first-order valence-corrected chi connectivity index (χ1v) is 13.5. The third-order valence-corrected chi connectivity index (χ3v) is 6.88. The Morgan fingerprint density at radius 2 is 1.64 bits per heavy atom. The summed E-state index contributed by atoms with van der Waals surface area (Å²) in [6.07, 6.45) is 0.243. The van der Waals surface area contributed by atoms with E-state index in [0.717, 1.165) is 10.9 Å². The monoisotopic (exact) mass is 585 g/mol.